The molecule has 4 nitrogen and oxygen atoms in total. The first-order valence-corrected chi connectivity index (χ1v) is 4.71. The van der Waals surface area contributed by atoms with Crippen LogP contribution in [0.3, 0.4) is 0 Å². The van der Waals surface area contributed by atoms with Crippen molar-refractivity contribution in [3.05, 3.63) is 0 Å². The molecule has 1 heterocycles. The van der Waals surface area contributed by atoms with Gasteiger partial charge in [0.2, 0.25) is 11.8 Å². The van der Waals surface area contributed by atoms with Crippen molar-refractivity contribution in [2.75, 3.05) is 13.1 Å². The average molecular weight is 205 g/mol. The number of alkyl halides is 1. The van der Waals surface area contributed by atoms with Gasteiger partial charge in [0.15, 0.2) is 0 Å². The number of nitrogens with one attached hydrogen (secondary N) is 2. The number of hydrogen-bond acceptors (Lipinski definition) is 2. The third kappa shape index (κ3) is 3.22. The molecule has 74 valence electrons. The predicted octanol–water partition coefficient (Wildman–Crippen LogP) is -0.134. The maximum Gasteiger partial charge on any atom is 0.237 e. The largest absolute Gasteiger partial charge is 0.356 e. The second kappa shape index (κ2) is 4.46. The van der Waals surface area contributed by atoms with Crippen molar-refractivity contribution in [3.63, 3.8) is 0 Å². The molecule has 0 saturated carbocycles. The molecule has 0 bridgehead atoms. The van der Waals surface area contributed by atoms with Gasteiger partial charge in [0.1, 0.15) is 5.38 Å². The van der Waals surface area contributed by atoms with Gasteiger partial charge < -0.3 is 10.6 Å². The summed E-state index contributed by atoms with van der Waals surface area (Å²) in [5.74, 6) is 0.0889. The van der Waals surface area contributed by atoms with Crippen LogP contribution in [0.5, 0.6) is 0 Å². The summed E-state index contributed by atoms with van der Waals surface area (Å²) in [6.07, 6.45) is 0.497. The van der Waals surface area contributed by atoms with Crippen LogP contribution < -0.4 is 10.6 Å². The standard InChI is InChI=1S/C8H13ClN2O2/c1-5(9)8(13)11-4-6-2-7(12)10-3-6/h5-6H,2-4H2,1H3,(H,10,12)(H,11,13). The van der Waals surface area contributed by atoms with Crippen LogP contribution in [0.25, 0.3) is 0 Å². The van der Waals surface area contributed by atoms with Gasteiger partial charge in [-0.25, -0.2) is 0 Å². The minimum Gasteiger partial charge on any atom is -0.356 e. The third-order valence-corrected chi connectivity index (χ3v) is 2.19. The normalized spacial score (nSPS) is 23.8. The van der Waals surface area contributed by atoms with Crippen LogP contribution >= 0.6 is 11.6 Å². The van der Waals surface area contributed by atoms with E-state index in [1.54, 1.807) is 6.92 Å². The van der Waals surface area contributed by atoms with Crippen LogP contribution in [0.4, 0.5) is 0 Å². The fourth-order valence-corrected chi connectivity index (χ4v) is 1.27. The van der Waals surface area contributed by atoms with Crippen LogP contribution in [-0.4, -0.2) is 30.3 Å². The van der Waals surface area contributed by atoms with Gasteiger partial charge >= 0.3 is 0 Å². The maximum absolute atomic E-state index is 11.0. The number of carbonyl (C=O) groups is 2. The molecule has 2 unspecified atom stereocenters. The van der Waals surface area contributed by atoms with Crippen molar-refractivity contribution < 1.29 is 9.59 Å². The summed E-state index contributed by atoms with van der Waals surface area (Å²) in [5, 5.41) is 4.87. The van der Waals surface area contributed by atoms with E-state index in [0.29, 0.717) is 19.5 Å². The van der Waals surface area contributed by atoms with E-state index in [4.69, 9.17) is 11.6 Å². The predicted molar refractivity (Wildman–Crippen MR) is 49.4 cm³/mol. The zero-order valence-electron chi connectivity index (χ0n) is 7.47. The molecule has 0 aromatic carbocycles. The van der Waals surface area contributed by atoms with Crippen molar-refractivity contribution in [3.8, 4) is 0 Å². The van der Waals surface area contributed by atoms with E-state index < -0.39 is 5.38 Å². The SMILES string of the molecule is CC(Cl)C(=O)NCC1CNC(=O)C1. The lowest BCUT2D eigenvalue weighted by Gasteiger charge is -2.09. The second-order valence-electron chi connectivity index (χ2n) is 3.24. The molecule has 0 aliphatic carbocycles. The number of amides is 2. The number of carbonyl (C=O) groups excluding carboxylic acids is 2. The highest BCUT2D eigenvalue weighted by Gasteiger charge is 2.22. The quantitative estimate of drug-likeness (QED) is 0.629. The topological polar surface area (TPSA) is 58.2 Å². The van der Waals surface area contributed by atoms with Gasteiger partial charge in [-0.1, -0.05) is 0 Å². The first-order chi connectivity index (χ1) is 6.09. The molecule has 0 spiro atoms. The van der Waals surface area contributed by atoms with Crippen molar-refractivity contribution in [2.24, 2.45) is 5.92 Å². The smallest absolute Gasteiger partial charge is 0.237 e. The molecule has 2 atom stereocenters. The minimum absolute atomic E-state index is 0.0539. The third-order valence-electron chi connectivity index (χ3n) is 1.99. The van der Waals surface area contributed by atoms with Crippen molar-refractivity contribution >= 4 is 23.4 Å². The number of hydrogen-bond donors (Lipinski definition) is 2. The average Bonchev–Trinajstić information content (AvgIpc) is 2.47. The molecule has 1 aliphatic rings. The molecule has 1 saturated heterocycles. The highest BCUT2D eigenvalue weighted by atomic mass is 35.5. The summed E-state index contributed by atoms with van der Waals surface area (Å²) in [4.78, 5) is 21.8. The molecule has 1 rings (SSSR count). The van der Waals surface area contributed by atoms with Gasteiger partial charge in [-0.2, -0.15) is 0 Å². The van der Waals surface area contributed by atoms with E-state index in [1.807, 2.05) is 0 Å². The van der Waals surface area contributed by atoms with Crippen LogP contribution in [-0.2, 0) is 9.59 Å². The Morgan fingerprint density at radius 2 is 2.54 bits per heavy atom. The maximum atomic E-state index is 11.0. The van der Waals surface area contributed by atoms with Gasteiger partial charge in [-0.3, -0.25) is 9.59 Å². The van der Waals surface area contributed by atoms with E-state index in [-0.39, 0.29) is 17.7 Å². The summed E-state index contributed by atoms with van der Waals surface area (Å²) in [6, 6.07) is 0. The van der Waals surface area contributed by atoms with Crippen molar-refractivity contribution in [2.45, 2.75) is 18.7 Å². The second-order valence-corrected chi connectivity index (χ2v) is 3.89. The highest BCUT2D eigenvalue weighted by molar-refractivity contribution is 6.30. The summed E-state index contributed by atoms with van der Waals surface area (Å²) >= 11 is 5.55. The first kappa shape index (κ1) is 10.3. The molecule has 2 amide bonds. The molecular formula is C8H13ClN2O2. The van der Waals surface area contributed by atoms with Crippen LogP contribution in [0.1, 0.15) is 13.3 Å². The summed E-state index contributed by atoms with van der Waals surface area (Å²) < 4.78 is 0. The lowest BCUT2D eigenvalue weighted by atomic mass is 10.1. The molecule has 0 aromatic heterocycles. The van der Waals surface area contributed by atoms with Crippen molar-refractivity contribution in [1.82, 2.24) is 10.6 Å². The van der Waals surface area contributed by atoms with Gasteiger partial charge in [-0.05, 0) is 6.92 Å². The molecule has 13 heavy (non-hydrogen) atoms. The van der Waals surface area contributed by atoms with Gasteiger partial charge in [0.05, 0.1) is 0 Å². The molecule has 5 heteroatoms. The number of halogens is 1. The lowest BCUT2D eigenvalue weighted by molar-refractivity contribution is -0.121. The molecule has 1 fully saturated rings. The fraction of sp³-hybridized carbons (Fsp3) is 0.750. The molecule has 2 N–H and O–H groups in total. The Balaban J connectivity index is 2.19. The van der Waals surface area contributed by atoms with Gasteiger partial charge in [0, 0.05) is 25.4 Å². The number of rotatable bonds is 3. The Kier molecular flexibility index (Phi) is 3.54. The summed E-state index contributed by atoms with van der Waals surface area (Å²) in [5.41, 5.74) is 0. The summed E-state index contributed by atoms with van der Waals surface area (Å²) in [7, 11) is 0. The van der Waals surface area contributed by atoms with E-state index >= 15 is 0 Å². The Hall–Kier alpha value is -0.770. The highest BCUT2D eigenvalue weighted by Crippen LogP contribution is 2.07. The van der Waals surface area contributed by atoms with E-state index in [0.717, 1.165) is 0 Å². The molecule has 0 radical (unpaired) electrons. The van der Waals surface area contributed by atoms with Gasteiger partial charge in [0.25, 0.3) is 0 Å². The minimum atomic E-state index is -0.509. The van der Waals surface area contributed by atoms with Crippen LogP contribution in [0, 0.1) is 5.92 Å². The zero-order valence-corrected chi connectivity index (χ0v) is 8.23. The monoisotopic (exact) mass is 204 g/mol. The molecular weight excluding hydrogens is 192 g/mol. The zero-order chi connectivity index (χ0) is 9.84. The van der Waals surface area contributed by atoms with E-state index in [9.17, 15) is 9.59 Å². The Labute approximate surface area is 82.0 Å². The Morgan fingerprint density at radius 3 is 3.00 bits per heavy atom. The lowest BCUT2D eigenvalue weighted by Crippen LogP contribution is -2.34. The van der Waals surface area contributed by atoms with Gasteiger partial charge in [-0.15, -0.1) is 11.6 Å². The Morgan fingerprint density at radius 1 is 1.85 bits per heavy atom. The molecule has 0 aromatic rings. The fourth-order valence-electron chi connectivity index (χ4n) is 1.19. The van der Waals surface area contributed by atoms with E-state index in [1.165, 1.54) is 0 Å². The summed E-state index contributed by atoms with van der Waals surface area (Å²) in [6.45, 7) is 2.79. The van der Waals surface area contributed by atoms with E-state index in [2.05, 4.69) is 10.6 Å². The molecule has 1 aliphatic heterocycles. The van der Waals surface area contributed by atoms with Crippen LogP contribution in [0.15, 0.2) is 0 Å². The van der Waals surface area contributed by atoms with Crippen molar-refractivity contribution in [1.29, 1.82) is 0 Å². The first-order valence-electron chi connectivity index (χ1n) is 4.28. The Bertz CT molecular complexity index is 218. The van der Waals surface area contributed by atoms with Crippen LogP contribution in [0.2, 0.25) is 0 Å².